The maximum Gasteiger partial charge on any atom is 0.137 e. The summed E-state index contributed by atoms with van der Waals surface area (Å²) in [6.45, 7) is 0. The summed E-state index contributed by atoms with van der Waals surface area (Å²) < 4.78 is 6.39. The largest absolute Gasteiger partial charge is 0.456 e. The molecular formula is C54H37NO. The van der Waals surface area contributed by atoms with Crippen LogP contribution in [0.1, 0.15) is 0 Å². The second kappa shape index (κ2) is 14.4. The van der Waals surface area contributed by atoms with Gasteiger partial charge in [0.1, 0.15) is 11.2 Å². The van der Waals surface area contributed by atoms with Gasteiger partial charge in [-0.2, -0.15) is 0 Å². The predicted molar refractivity (Wildman–Crippen MR) is 236 cm³/mol. The monoisotopic (exact) mass is 715 g/mol. The number of fused-ring (bicyclic) bond motifs is 3. The van der Waals surface area contributed by atoms with E-state index in [1.54, 1.807) is 0 Å². The Hall–Kier alpha value is -7.42. The van der Waals surface area contributed by atoms with Gasteiger partial charge in [0.25, 0.3) is 0 Å². The summed E-state index contributed by atoms with van der Waals surface area (Å²) in [4.78, 5) is 2.32. The fourth-order valence-electron chi connectivity index (χ4n) is 8.04. The van der Waals surface area contributed by atoms with E-state index in [9.17, 15) is 0 Å². The van der Waals surface area contributed by atoms with Crippen LogP contribution in [-0.2, 0) is 0 Å². The third-order valence-electron chi connectivity index (χ3n) is 10.7. The third-order valence-corrected chi connectivity index (χ3v) is 10.7. The second-order valence-corrected chi connectivity index (χ2v) is 14.1. The molecule has 2 heteroatoms. The molecule has 0 fully saturated rings. The molecule has 0 bridgehead atoms. The van der Waals surface area contributed by atoms with E-state index in [1.165, 1.54) is 50.1 Å². The summed E-state index contributed by atoms with van der Waals surface area (Å²) in [5.74, 6) is 0. The highest BCUT2D eigenvalue weighted by molar-refractivity contribution is 6.06. The normalized spacial score (nSPS) is 11.2. The molecule has 56 heavy (non-hydrogen) atoms. The third kappa shape index (κ3) is 6.14. The molecule has 9 aromatic carbocycles. The smallest absolute Gasteiger partial charge is 0.137 e. The lowest BCUT2D eigenvalue weighted by atomic mass is 9.84. The van der Waals surface area contributed by atoms with Gasteiger partial charge >= 0.3 is 0 Å². The average Bonchev–Trinajstić information content (AvgIpc) is 3.66. The molecule has 0 aliphatic rings. The Morgan fingerprint density at radius 1 is 0.268 bits per heavy atom. The van der Waals surface area contributed by atoms with Crippen molar-refractivity contribution in [3.8, 4) is 55.6 Å². The van der Waals surface area contributed by atoms with Crippen molar-refractivity contribution in [2.75, 3.05) is 4.90 Å². The van der Waals surface area contributed by atoms with Crippen LogP contribution in [0.4, 0.5) is 17.1 Å². The van der Waals surface area contributed by atoms with E-state index in [0.29, 0.717) is 0 Å². The standard InChI is InChI=1S/C54H37NO/c1-4-15-38(16-5-1)39-27-31-43(32-28-39)55(45-35-36-50-49-22-12-13-26-52(49)56-53(50)37-45)44-33-29-42(30-34-44)48-25-14-24-47(41-19-8-3-9-20-41)54(48)51-23-11-10-21-46(51)40-17-6-2-7-18-40/h1-37H. The van der Waals surface area contributed by atoms with Crippen LogP contribution in [0.3, 0.4) is 0 Å². The lowest BCUT2D eigenvalue weighted by Gasteiger charge is -2.26. The Bertz CT molecular complexity index is 2930. The molecule has 1 aromatic heterocycles. The molecule has 1 heterocycles. The average molecular weight is 716 g/mol. The van der Waals surface area contributed by atoms with Crippen molar-refractivity contribution in [2.45, 2.75) is 0 Å². The zero-order chi connectivity index (χ0) is 37.3. The molecule has 2 nitrogen and oxygen atoms in total. The van der Waals surface area contributed by atoms with Gasteiger partial charge < -0.3 is 9.32 Å². The summed E-state index contributed by atoms with van der Waals surface area (Å²) in [6.07, 6.45) is 0. The molecular weight excluding hydrogens is 679 g/mol. The van der Waals surface area contributed by atoms with E-state index < -0.39 is 0 Å². The first kappa shape index (κ1) is 33.2. The Morgan fingerprint density at radius 2 is 0.696 bits per heavy atom. The number of rotatable bonds is 8. The highest BCUT2D eigenvalue weighted by Gasteiger charge is 2.20. The van der Waals surface area contributed by atoms with E-state index in [4.69, 9.17) is 4.42 Å². The van der Waals surface area contributed by atoms with Gasteiger partial charge in [0.15, 0.2) is 0 Å². The van der Waals surface area contributed by atoms with Gasteiger partial charge in [-0.1, -0.05) is 176 Å². The molecule has 0 saturated carbocycles. The molecule has 0 amide bonds. The highest BCUT2D eigenvalue weighted by atomic mass is 16.3. The first-order valence-corrected chi connectivity index (χ1v) is 19.1. The second-order valence-electron chi connectivity index (χ2n) is 14.1. The predicted octanol–water partition coefficient (Wildman–Crippen LogP) is 15.4. The van der Waals surface area contributed by atoms with Crippen LogP contribution >= 0.6 is 0 Å². The van der Waals surface area contributed by atoms with Crippen LogP contribution in [0.5, 0.6) is 0 Å². The number of benzene rings is 9. The van der Waals surface area contributed by atoms with Crippen LogP contribution in [0.2, 0.25) is 0 Å². The quantitative estimate of drug-likeness (QED) is 0.156. The van der Waals surface area contributed by atoms with Crippen LogP contribution in [0.15, 0.2) is 229 Å². The van der Waals surface area contributed by atoms with E-state index in [2.05, 4.69) is 217 Å². The summed E-state index contributed by atoms with van der Waals surface area (Å²) in [5, 5.41) is 2.24. The van der Waals surface area contributed by atoms with E-state index in [1.807, 2.05) is 12.1 Å². The maximum atomic E-state index is 6.39. The molecule has 0 radical (unpaired) electrons. The summed E-state index contributed by atoms with van der Waals surface area (Å²) in [6, 6.07) is 80.1. The zero-order valence-electron chi connectivity index (χ0n) is 30.7. The fraction of sp³-hybridized carbons (Fsp3) is 0. The van der Waals surface area contributed by atoms with Crippen molar-refractivity contribution in [2.24, 2.45) is 0 Å². The number of para-hydroxylation sites is 1. The van der Waals surface area contributed by atoms with Crippen molar-refractivity contribution in [3.63, 3.8) is 0 Å². The lowest BCUT2D eigenvalue weighted by Crippen LogP contribution is -2.09. The number of furan rings is 1. The first-order chi connectivity index (χ1) is 27.8. The SMILES string of the molecule is c1ccc(-c2ccc(N(c3ccc(-c4cccc(-c5ccccc5)c4-c4ccccc4-c4ccccc4)cc3)c3ccc4c(c3)oc3ccccc34)cc2)cc1. The number of hydrogen-bond acceptors (Lipinski definition) is 2. The van der Waals surface area contributed by atoms with Crippen molar-refractivity contribution in [1.82, 2.24) is 0 Å². The zero-order valence-corrected chi connectivity index (χ0v) is 30.7. The Labute approximate surface area is 327 Å². The lowest BCUT2D eigenvalue weighted by molar-refractivity contribution is 0.669. The van der Waals surface area contributed by atoms with Crippen LogP contribution in [-0.4, -0.2) is 0 Å². The molecule has 264 valence electrons. The van der Waals surface area contributed by atoms with Gasteiger partial charge in [-0.05, 0) is 98.1 Å². The molecule has 0 aliphatic heterocycles. The molecule has 0 unspecified atom stereocenters. The first-order valence-electron chi connectivity index (χ1n) is 19.1. The van der Waals surface area contributed by atoms with Gasteiger partial charge in [-0.25, -0.2) is 0 Å². The Morgan fingerprint density at radius 3 is 1.34 bits per heavy atom. The maximum absolute atomic E-state index is 6.39. The van der Waals surface area contributed by atoms with Crippen LogP contribution in [0.25, 0.3) is 77.6 Å². The van der Waals surface area contributed by atoms with Gasteiger partial charge in [-0.15, -0.1) is 0 Å². The Kier molecular flexibility index (Phi) is 8.55. The van der Waals surface area contributed by atoms with Gasteiger partial charge in [-0.3, -0.25) is 0 Å². The molecule has 0 N–H and O–H groups in total. The molecule has 0 spiro atoms. The molecule has 0 aliphatic carbocycles. The number of hydrogen-bond donors (Lipinski definition) is 0. The van der Waals surface area contributed by atoms with Crippen molar-refractivity contribution < 1.29 is 4.42 Å². The minimum atomic E-state index is 0.866. The summed E-state index contributed by atoms with van der Waals surface area (Å²) >= 11 is 0. The summed E-state index contributed by atoms with van der Waals surface area (Å²) in [7, 11) is 0. The number of anilines is 3. The van der Waals surface area contributed by atoms with Crippen molar-refractivity contribution in [1.29, 1.82) is 0 Å². The minimum Gasteiger partial charge on any atom is -0.456 e. The fourth-order valence-corrected chi connectivity index (χ4v) is 8.04. The van der Waals surface area contributed by atoms with Gasteiger partial charge in [0, 0.05) is 33.9 Å². The van der Waals surface area contributed by atoms with Gasteiger partial charge in [0.2, 0.25) is 0 Å². The Balaban J connectivity index is 1.12. The topological polar surface area (TPSA) is 16.4 Å². The molecule has 10 rings (SSSR count). The van der Waals surface area contributed by atoms with E-state index in [0.717, 1.165) is 44.6 Å². The van der Waals surface area contributed by atoms with Crippen LogP contribution < -0.4 is 4.90 Å². The van der Waals surface area contributed by atoms with E-state index >= 15 is 0 Å². The van der Waals surface area contributed by atoms with Crippen molar-refractivity contribution >= 4 is 39.0 Å². The minimum absolute atomic E-state index is 0.866. The summed E-state index contributed by atoms with van der Waals surface area (Å²) in [5.41, 5.74) is 16.8. The van der Waals surface area contributed by atoms with E-state index in [-0.39, 0.29) is 0 Å². The van der Waals surface area contributed by atoms with Gasteiger partial charge in [0.05, 0.1) is 0 Å². The molecule has 0 saturated heterocycles. The highest BCUT2D eigenvalue weighted by Crippen LogP contribution is 2.45. The molecule has 0 atom stereocenters. The van der Waals surface area contributed by atoms with Crippen LogP contribution in [0, 0.1) is 0 Å². The molecule has 10 aromatic rings. The number of nitrogens with zero attached hydrogens (tertiary/aromatic N) is 1. The van der Waals surface area contributed by atoms with Crippen molar-refractivity contribution in [3.05, 3.63) is 224 Å².